The van der Waals surface area contributed by atoms with E-state index in [4.69, 9.17) is 11.1 Å². The second-order valence-corrected chi connectivity index (χ2v) is 8.47. The molecule has 1 unspecified atom stereocenters. The minimum Gasteiger partial charge on any atom is -0.481 e. The zero-order valence-corrected chi connectivity index (χ0v) is 18.9. The number of hydrogen-bond acceptors (Lipinski definition) is 2. The van der Waals surface area contributed by atoms with E-state index in [2.05, 4.69) is 12.2 Å². The summed E-state index contributed by atoms with van der Waals surface area (Å²) in [6.45, 7) is 2.26. The molecule has 0 heterocycles. The van der Waals surface area contributed by atoms with Crippen LogP contribution in [0.2, 0.25) is 0 Å². The van der Waals surface area contributed by atoms with Crippen molar-refractivity contribution in [3.63, 3.8) is 0 Å². The van der Waals surface area contributed by atoms with Crippen LogP contribution >= 0.6 is 0 Å². The van der Waals surface area contributed by atoms with E-state index in [0.717, 1.165) is 24.1 Å². The summed E-state index contributed by atoms with van der Waals surface area (Å²) in [5, 5.41) is 19.8. The van der Waals surface area contributed by atoms with Gasteiger partial charge in [0, 0.05) is 5.69 Å². The predicted molar refractivity (Wildman–Crippen MR) is 127 cm³/mol. The third-order valence-corrected chi connectivity index (χ3v) is 5.76. The lowest BCUT2D eigenvalue weighted by Gasteiger charge is -2.16. The average Bonchev–Trinajstić information content (AvgIpc) is 2.71. The van der Waals surface area contributed by atoms with Crippen LogP contribution in [-0.4, -0.2) is 17.0 Å². The van der Waals surface area contributed by atoms with E-state index >= 15 is 0 Å². The van der Waals surface area contributed by atoms with Gasteiger partial charge in [-0.2, -0.15) is 0 Å². The first-order valence-electron chi connectivity index (χ1n) is 12.0. The van der Waals surface area contributed by atoms with Gasteiger partial charge in [0.25, 0.3) is 0 Å². The van der Waals surface area contributed by atoms with Crippen LogP contribution in [-0.2, 0) is 11.2 Å². The first-order chi connectivity index (χ1) is 14.5. The van der Waals surface area contributed by atoms with E-state index in [1.165, 1.54) is 70.6 Å². The van der Waals surface area contributed by atoms with Crippen molar-refractivity contribution in [3.05, 3.63) is 29.8 Å². The molecule has 5 heteroatoms. The molecule has 0 aliphatic carbocycles. The molecule has 0 saturated heterocycles. The molecule has 0 spiro atoms. The molecule has 1 aromatic rings. The third kappa shape index (κ3) is 12.5. The van der Waals surface area contributed by atoms with Gasteiger partial charge in [0.05, 0.1) is 5.92 Å². The lowest BCUT2D eigenvalue weighted by Crippen LogP contribution is -2.22. The highest BCUT2D eigenvalue weighted by Crippen LogP contribution is 2.23. The van der Waals surface area contributed by atoms with Gasteiger partial charge in [0.1, 0.15) is 0 Å². The molecular weight excluding hydrogens is 374 g/mol. The Balaban J connectivity index is 2.17. The number of nitrogens with one attached hydrogen (secondary N) is 2. The molecule has 0 aromatic heterocycles. The van der Waals surface area contributed by atoms with Gasteiger partial charge >= 0.3 is 5.97 Å². The van der Waals surface area contributed by atoms with E-state index < -0.39 is 11.9 Å². The summed E-state index contributed by atoms with van der Waals surface area (Å²) in [5.74, 6) is -1.27. The van der Waals surface area contributed by atoms with Crippen LogP contribution in [0.4, 0.5) is 5.69 Å². The van der Waals surface area contributed by atoms with Gasteiger partial charge < -0.3 is 16.2 Å². The molecule has 1 rings (SSSR count). The van der Waals surface area contributed by atoms with E-state index in [0.29, 0.717) is 12.8 Å². The molecule has 0 bridgehead atoms. The number of para-hydroxylation sites is 1. The summed E-state index contributed by atoms with van der Waals surface area (Å²) >= 11 is 0. The number of aliphatic carboxylic acids is 1. The van der Waals surface area contributed by atoms with Crippen LogP contribution in [0, 0.1) is 11.3 Å². The Hall–Kier alpha value is -2.04. The fourth-order valence-corrected chi connectivity index (χ4v) is 3.95. The van der Waals surface area contributed by atoms with E-state index in [1.807, 2.05) is 24.3 Å². The Kier molecular flexibility index (Phi) is 14.5. The predicted octanol–water partition coefficient (Wildman–Crippen LogP) is 6.72. The fraction of sp³-hybridized carbons (Fsp3) is 0.680. The standard InChI is InChI=1S/C25H43N3O2/c1-2-3-4-5-6-7-8-9-10-11-12-13-14-18-22(24(29)30)20-21-17-15-16-19-23(21)28-25(26)27/h15-17,19,22H,2-14,18,20H2,1H3,(H,29,30)(H4,26,27,28). The number of anilines is 1. The second kappa shape index (κ2) is 16.7. The van der Waals surface area contributed by atoms with Gasteiger partial charge in [-0.05, 0) is 24.5 Å². The number of carboxylic acids is 1. The normalized spacial score (nSPS) is 11.9. The largest absolute Gasteiger partial charge is 0.481 e. The van der Waals surface area contributed by atoms with Gasteiger partial charge in [0.2, 0.25) is 0 Å². The number of carboxylic acid groups (broad SMARTS) is 1. The van der Waals surface area contributed by atoms with Crippen LogP contribution in [0.25, 0.3) is 0 Å². The van der Waals surface area contributed by atoms with Gasteiger partial charge in [-0.15, -0.1) is 0 Å². The smallest absolute Gasteiger partial charge is 0.306 e. The van der Waals surface area contributed by atoms with Crippen LogP contribution in [0.1, 0.15) is 102 Å². The highest BCUT2D eigenvalue weighted by molar-refractivity contribution is 5.90. The molecule has 1 aromatic carbocycles. The van der Waals surface area contributed by atoms with Crippen LogP contribution in [0.5, 0.6) is 0 Å². The Labute approximate surface area is 183 Å². The number of guanidine groups is 1. The Morgan fingerprint density at radius 1 is 0.933 bits per heavy atom. The van der Waals surface area contributed by atoms with Gasteiger partial charge in [-0.25, -0.2) is 0 Å². The summed E-state index contributed by atoms with van der Waals surface area (Å²) in [6.07, 6.45) is 17.9. The molecule has 0 aliphatic rings. The molecule has 5 N–H and O–H groups in total. The minimum atomic E-state index is -0.744. The molecule has 5 nitrogen and oxygen atoms in total. The molecule has 0 aliphatic heterocycles. The quantitative estimate of drug-likeness (QED) is 0.121. The number of hydrogen-bond donors (Lipinski definition) is 4. The molecule has 0 amide bonds. The number of rotatable bonds is 18. The lowest BCUT2D eigenvalue weighted by atomic mass is 9.92. The van der Waals surface area contributed by atoms with Crippen LogP contribution < -0.4 is 11.1 Å². The third-order valence-electron chi connectivity index (χ3n) is 5.76. The molecule has 170 valence electrons. The molecule has 30 heavy (non-hydrogen) atoms. The van der Waals surface area contributed by atoms with E-state index in [-0.39, 0.29) is 5.96 Å². The van der Waals surface area contributed by atoms with Crippen molar-refractivity contribution in [2.45, 2.75) is 103 Å². The summed E-state index contributed by atoms with van der Waals surface area (Å²) in [4.78, 5) is 11.7. The Morgan fingerprint density at radius 3 is 1.93 bits per heavy atom. The van der Waals surface area contributed by atoms with Crippen LogP contribution in [0.15, 0.2) is 24.3 Å². The lowest BCUT2D eigenvalue weighted by molar-refractivity contribution is -0.142. The molecular formula is C25H43N3O2. The Bertz CT molecular complexity index is 604. The van der Waals surface area contributed by atoms with Crippen molar-refractivity contribution >= 4 is 17.6 Å². The molecule has 1 atom stereocenters. The minimum absolute atomic E-state index is 0.134. The van der Waals surface area contributed by atoms with Gasteiger partial charge in [-0.3, -0.25) is 10.2 Å². The molecule has 0 fully saturated rings. The van der Waals surface area contributed by atoms with Crippen molar-refractivity contribution in [1.82, 2.24) is 0 Å². The van der Waals surface area contributed by atoms with Crippen LogP contribution in [0.3, 0.4) is 0 Å². The zero-order valence-electron chi connectivity index (χ0n) is 18.9. The van der Waals surface area contributed by atoms with Crippen molar-refractivity contribution in [2.24, 2.45) is 11.7 Å². The summed E-state index contributed by atoms with van der Waals surface area (Å²) in [7, 11) is 0. The summed E-state index contributed by atoms with van der Waals surface area (Å²) in [5.41, 5.74) is 7.05. The second-order valence-electron chi connectivity index (χ2n) is 8.47. The van der Waals surface area contributed by atoms with Gasteiger partial charge in [-0.1, -0.05) is 109 Å². The van der Waals surface area contributed by atoms with E-state index in [9.17, 15) is 9.90 Å². The number of unbranched alkanes of at least 4 members (excludes halogenated alkanes) is 12. The maximum absolute atomic E-state index is 11.7. The first-order valence-corrected chi connectivity index (χ1v) is 12.0. The van der Waals surface area contributed by atoms with E-state index in [1.54, 1.807) is 0 Å². The Morgan fingerprint density at radius 2 is 1.43 bits per heavy atom. The molecule has 0 radical (unpaired) electrons. The number of benzene rings is 1. The topological polar surface area (TPSA) is 99.2 Å². The fourth-order valence-electron chi connectivity index (χ4n) is 3.95. The van der Waals surface area contributed by atoms with Gasteiger partial charge in [0.15, 0.2) is 5.96 Å². The maximum Gasteiger partial charge on any atom is 0.306 e. The summed E-state index contributed by atoms with van der Waals surface area (Å²) < 4.78 is 0. The van der Waals surface area contributed by atoms with Crippen molar-refractivity contribution in [2.75, 3.05) is 5.32 Å². The van der Waals surface area contributed by atoms with Crippen molar-refractivity contribution in [3.8, 4) is 0 Å². The monoisotopic (exact) mass is 417 g/mol. The van der Waals surface area contributed by atoms with Crippen molar-refractivity contribution < 1.29 is 9.90 Å². The zero-order chi connectivity index (χ0) is 22.0. The van der Waals surface area contributed by atoms with Crippen molar-refractivity contribution in [1.29, 1.82) is 5.41 Å². The average molecular weight is 418 g/mol. The maximum atomic E-state index is 11.7. The number of nitrogens with two attached hydrogens (primary N) is 1. The SMILES string of the molecule is CCCCCCCCCCCCCCCC(Cc1ccccc1NC(=N)N)C(=O)O. The summed E-state index contributed by atoms with van der Waals surface area (Å²) in [6, 6.07) is 7.49. The number of carbonyl (C=O) groups is 1. The first kappa shape index (κ1) is 26.0. The highest BCUT2D eigenvalue weighted by atomic mass is 16.4. The highest BCUT2D eigenvalue weighted by Gasteiger charge is 2.19. The molecule has 0 saturated carbocycles.